The van der Waals surface area contributed by atoms with Gasteiger partial charge in [0.05, 0.1) is 5.75 Å². The Morgan fingerprint density at radius 2 is 1.71 bits per heavy atom. The summed E-state index contributed by atoms with van der Waals surface area (Å²) in [5, 5.41) is 3.28. The Balaban J connectivity index is 1.93. The molecule has 0 bridgehead atoms. The minimum Gasteiger partial charge on any atom is -0.340 e. The Labute approximate surface area is 127 Å². The first kappa shape index (κ1) is 16.7. The Bertz CT molecular complexity index is 464. The van der Waals surface area contributed by atoms with E-state index in [1.54, 1.807) is 0 Å². The Hall–Kier alpha value is -0.660. The van der Waals surface area contributed by atoms with Crippen LogP contribution in [0.5, 0.6) is 0 Å². The summed E-state index contributed by atoms with van der Waals surface area (Å²) in [6.45, 7) is 7.58. The van der Waals surface area contributed by atoms with Gasteiger partial charge in [-0.25, -0.2) is 8.42 Å². The van der Waals surface area contributed by atoms with Gasteiger partial charge in [0, 0.05) is 31.6 Å². The number of sulfonamides is 1. The number of amides is 1. The maximum Gasteiger partial charge on any atom is 0.228 e. The summed E-state index contributed by atoms with van der Waals surface area (Å²) < 4.78 is 25.6. The Morgan fingerprint density at radius 1 is 1.14 bits per heavy atom. The van der Waals surface area contributed by atoms with Gasteiger partial charge in [-0.2, -0.15) is 4.31 Å². The highest BCUT2D eigenvalue weighted by Gasteiger charge is 2.39. The summed E-state index contributed by atoms with van der Waals surface area (Å²) in [5.41, 5.74) is -0.282. The van der Waals surface area contributed by atoms with Gasteiger partial charge in [-0.15, -0.1) is 0 Å². The smallest absolute Gasteiger partial charge is 0.228 e. The molecular formula is C14H27N3O3S. The number of carbonyl (C=O) groups excluding carboxylic acids is 1. The van der Waals surface area contributed by atoms with Crippen LogP contribution >= 0.6 is 0 Å². The molecule has 6 nitrogen and oxygen atoms in total. The van der Waals surface area contributed by atoms with Gasteiger partial charge >= 0.3 is 0 Å². The molecule has 0 aromatic carbocycles. The van der Waals surface area contributed by atoms with E-state index >= 15 is 0 Å². The average Bonchev–Trinajstić information content (AvgIpc) is 2.47. The van der Waals surface area contributed by atoms with Gasteiger partial charge in [0.25, 0.3) is 0 Å². The molecule has 2 rings (SSSR count). The molecule has 0 spiro atoms. The standard InChI is InChI=1S/C14H27N3O3S/c1-3-12-21(19,20)17-10-8-16(9-11-17)13(18)14(2)4-6-15-7-5-14/h15H,3-12H2,1-2H3. The van der Waals surface area contributed by atoms with Gasteiger partial charge in [-0.1, -0.05) is 13.8 Å². The van der Waals surface area contributed by atoms with Crippen LogP contribution in [0, 0.1) is 5.41 Å². The van der Waals surface area contributed by atoms with Crippen molar-refractivity contribution in [3.63, 3.8) is 0 Å². The summed E-state index contributed by atoms with van der Waals surface area (Å²) in [4.78, 5) is 14.5. The van der Waals surface area contributed by atoms with Gasteiger partial charge in [0.2, 0.25) is 15.9 Å². The molecule has 1 N–H and O–H groups in total. The molecule has 0 aliphatic carbocycles. The first-order valence-corrected chi connectivity index (χ1v) is 9.48. The normalized spacial score (nSPS) is 24.0. The maximum atomic E-state index is 12.7. The molecule has 2 saturated heterocycles. The summed E-state index contributed by atoms with van der Waals surface area (Å²) in [6.07, 6.45) is 2.35. The zero-order chi connectivity index (χ0) is 15.5. The molecule has 2 fully saturated rings. The lowest BCUT2D eigenvalue weighted by molar-refractivity contribution is -0.144. The molecule has 7 heteroatoms. The Kier molecular flexibility index (Phi) is 5.27. The molecule has 0 aromatic heterocycles. The zero-order valence-electron chi connectivity index (χ0n) is 13.1. The van der Waals surface area contributed by atoms with E-state index in [2.05, 4.69) is 5.32 Å². The molecule has 0 aromatic rings. The van der Waals surface area contributed by atoms with Crippen molar-refractivity contribution in [1.29, 1.82) is 0 Å². The minimum absolute atomic E-state index is 0.191. The molecule has 2 aliphatic rings. The van der Waals surface area contributed by atoms with E-state index in [1.165, 1.54) is 4.31 Å². The number of piperidine rings is 1. The van der Waals surface area contributed by atoms with Crippen LogP contribution in [-0.4, -0.2) is 68.6 Å². The minimum atomic E-state index is -3.14. The highest BCUT2D eigenvalue weighted by Crippen LogP contribution is 2.30. The molecule has 0 saturated carbocycles. The molecular weight excluding hydrogens is 290 g/mol. The summed E-state index contributed by atoms with van der Waals surface area (Å²) in [6, 6.07) is 0. The van der Waals surface area contributed by atoms with Crippen LogP contribution in [-0.2, 0) is 14.8 Å². The number of hydrogen-bond acceptors (Lipinski definition) is 4. The van der Waals surface area contributed by atoms with E-state index in [0.29, 0.717) is 32.6 Å². The van der Waals surface area contributed by atoms with Crippen molar-refractivity contribution in [2.45, 2.75) is 33.1 Å². The van der Waals surface area contributed by atoms with Crippen molar-refractivity contribution in [3.8, 4) is 0 Å². The number of piperazine rings is 1. The van der Waals surface area contributed by atoms with E-state index in [1.807, 2.05) is 18.7 Å². The summed E-state index contributed by atoms with van der Waals surface area (Å²) in [7, 11) is -3.14. The van der Waals surface area contributed by atoms with E-state index in [4.69, 9.17) is 0 Å². The largest absolute Gasteiger partial charge is 0.340 e. The van der Waals surface area contributed by atoms with Crippen LogP contribution in [0.3, 0.4) is 0 Å². The van der Waals surface area contributed by atoms with Crippen LogP contribution in [0.4, 0.5) is 0 Å². The molecule has 122 valence electrons. The van der Waals surface area contributed by atoms with Crippen molar-refractivity contribution >= 4 is 15.9 Å². The van der Waals surface area contributed by atoms with Gasteiger partial charge in [-0.3, -0.25) is 4.79 Å². The predicted octanol–water partition coefficient (Wildman–Crippen LogP) is 0.260. The third kappa shape index (κ3) is 3.76. The second kappa shape index (κ2) is 6.62. The molecule has 0 atom stereocenters. The predicted molar refractivity (Wildman–Crippen MR) is 82.4 cm³/mol. The van der Waals surface area contributed by atoms with Crippen molar-refractivity contribution in [1.82, 2.24) is 14.5 Å². The topological polar surface area (TPSA) is 69.7 Å². The number of rotatable bonds is 4. The van der Waals surface area contributed by atoms with Gasteiger partial charge in [0.1, 0.15) is 0 Å². The van der Waals surface area contributed by atoms with Crippen LogP contribution in [0.15, 0.2) is 0 Å². The van der Waals surface area contributed by atoms with Crippen LogP contribution in [0.1, 0.15) is 33.1 Å². The van der Waals surface area contributed by atoms with Crippen molar-refractivity contribution < 1.29 is 13.2 Å². The number of nitrogens with one attached hydrogen (secondary N) is 1. The van der Waals surface area contributed by atoms with Crippen LogP contribution < -0.4 is 5.32 Å². The monoisotopic (exact) mass is 317 g/mol. The van der Waals surface area contributed by atoms with Crippen molar-refractivity contribution in [2.24, 2.45) is 5.41 Å². The third-order valence-corrected chi connectivity index (χ3v) is 6.68. The molecule has 21 heavy (non-hydrogen) atoms. The van der Waals surface area contributed by atoms with E-state index < -0.39 is 10.0 Å². The van der Waals surface area contributed by atoms with Crippen LogP contribution in [0.2, 0.25) is 0 Å². The first-order chi connectivity index (χ1) is 9.89. The van der Waals surface area contributed by atoms with Crippen molar-refractivity contribution in [2.75, 3.05) is 45.0 Å². The fourth-order valence-electron chi connectivity index (χ4n) is 3.13. The fourth-order valence-corrected chi connectivity index (χ4v) is 4.62. The maximum absolute atomic E-state index is 12.7. The zero-order valence-corrected chi connectivity index (χ0v) is 13.9. The van der Waals surface area contributed by atoms with Crippen LogP contribution in [0.25, 0.3) is 0 Å². The van der Waals surface area contributed by atoms with Gasteiger partial charge in [-0.05, 0) is 32.4 Å². The van der Waals surface area contributed by atoms with Gasteiger partial charge < -0.3 is 10.2 Å². The lowest BCUT2D eigenvalue weighted by atomic mass is 9.79. The summed E-state index contributed by atoms with van der Waals surface area (Å²) >= 11 is 0. The van der Waals surface area contributed by atoms with Gasteiger partial charge in [0.15, 0.2) is 0 Å². The quantitative estimate of drug-likeness (QED) is 0.807. The van der Waals surface area contributed by atoms with E-state index in [-0.39, 0.29) is 17.1 Å². The molecule has 2 heterocycles. The van der Waals surface area contributed by atoms with Crippen molar-refractivity contribution in [3.05, 3.63) is 0 Å². The highest BCUT2D eigenvalue weighted by atomic mass is 32.2. The average molecular weight is 317 g/mol. The lowest BCUT2D eigenvalue weighted by Crippen LogP contribution is -2.55. The summed E-state index contributed by atoms with van der Waals surface area (Å²) in [5.74, 6) is 0.390. The number of nitrogens with zero attached hydrogens (tertiary/aromatic N) is 2. The molecule has 2 aliphatic heterocycles. The molecule has 0 radical (unpaired) electrons. The second-order valence-electron chi connectivity index (χ2n) is 6.32. The van der Waals surface area contributed by atoms with E-state index in [9.17, 15) is 13.2 Å². The molecule has 1 amide bonds. The fraction of sp³-hybridized carbons (Fsp3) is 0.929. The molecule has 0 unspecified atom stereocenters. The first-order valence-electron chi connectivity index (χ1n) is 7.87. The highest BCUT2D eigenvalue weighted by molar-refractivity contribution is 7.89. The lowest BCUT2D eigenvalue weighted by Gasteiger charge is -2.41. The third-order valence-electron chi connectivity index (χ3n) is 4.60. The Morgan fingerprint density at radius 3 is 2.24 bits per heavy atom. The number of carbonyl (C=O) groups is 1. The SMILES string of the molecule is CCCS(=O)(=O)N1CCN(C(=O)C2(C)CCNCC2)CC1. The second-order valence-corrected chi connectivity index (χ2v) is 8.41. The van der Waals surface area contributed by atoms with E-state index in [0.717, 1.165) is 25.9 Å². The number of hydrogen-bond donors (Lipinski definition) is 1.